The van der Waals surface area contributed by atoms with Crippen molar-refractivity contribution in [1.29, 1.82) is 0 Å². The molecule has 1 aromatic heterocycles. The van der Waals surface area contributed by atoms with Gasteiger partial charge in [0.2, 0.25) is 0 Å². The normalized spacial score (nSPS) is 10.1. The van der Waals surface area contributed by atoms with Crippen molar-refractivity contribution >= 4 is 5.91 Å². The van der Waals surface area contributed by atoms with Crippen molar-refractivity contribution in [2.75, 3.05) is 13.7 Å². The number of pyridine rings is 1. The Bertz CT molecular complexity index is 570. The first-order chi connectivity index (χ1) is 9.74. The SMILES string of the molecule is CCN(Cc1ccncc1)C(=O)c1cccc(OC)c1. The molecule has 0 N–H and O–H groups in total. The summed E-state index contributed by atoms with van der Waals surface area (Å²) in [5.41, 5.74) is 1.71. The van der Waals surface area contributed by atoms with Gasteiger partial charge in [0.1, 0.15) is 5.75 Å². The highest BCUT2D eigenvalue weighted by atomic mass is 16.5. The molecule has 0 aliphatic carbocycles. The van der Waals surface area contributed by atoms with Crippen LogP contribution in [-0.4, -0.2) is 29.4 Å². The molecular formula is C16H18N2O2. The Hall–Kier alpha value is -2.36. The van der Waals surface area contributed by atoms with E-state index in [0.717, 1.165) is 5.56 Å². The lowest BCUT2D eigenvalue weighted by Crippen LogP contribution is -2.30. The average Bonchev–Trinajstić information content (AvgIpc) is 2.53. The largest absolute Gasteiger partial charge is 0.497 e. The van der Waals surface area contributed by atoms with Crippen molar-refractivity contribution in [1.82, 2.24) is 9.88 Å². The molecule has 104 valence electrons. The predicted molar refractivity (Wildman–Crippen MR) is 77.6 cm³/mol. The Morgan fingerprint density at radius 2 is 2.00 bits per heavy atom. The maximum absolute atomic E-state index is 12.5. The van der Waals surface area contributed by atoms with E-state index in [1.165, 1.54) is 0 Å². The van der Waals surface area contributed by atoms with E-state index in [9.17, 15) is 4.79 Å². The molecule has 0 unspecified atom stereocenters. The summed E-state index contributed by atoms with van der Waals surface area (Å²) in [6.45, 7) is 3.20. The Kier molecular flexibility index (Phi) is 4.71. The maximum atomic E-state index is 12.5. The van der Waals surface area contributed by atoms with Gasteiger partial charge in [0, 0.05) is 31.0 Å². The number of carbonyl (C=O) groups is 1. The van der Waals surface area contributed by atoms with E-state index in [0.29, 0.717) is 24.4 Å². The van der Waals surface area contributed by atoms with Crippen LogP contribution >= 0.6 is 0 Å². The number of ether oxygens (including phenoxy) is 1. The third kappa shape index (κ3) is 3.35. The topological polar surface area (TPSA) is 42.4 Å². The van der Waals surface area contributed by atoms with Crippen molar-refractivity contribution in [2.45, 2.75) is 13.5 Å². The second kappa shape index (κ2) is 6.70. The fourth-order valence-corrected chi connectivity index (χ4v) is 1.97. The molecule has 0 saturated heterocycles. The fraction of sp³-hybridized carbons (Fsp3) is 0.250. The highest BCUT2D eigenvalue weighted by Crippen LogP contribution is 2.15. The minimum atomic E-state index is 0.00297. The van der Waals surface area contributed by atoms with E-state index in [1.54, 1.807) is 36.5 Å². The van der Waals surface area contributed by atoms with Crippen molar-refractivity contribution in [3.05, 3.63) is 59.9 Å². The number of carbonyl (C=O) groups excluding carboxylic acids is 1. The van der Waals surface area contributed by atoms with Crippen LogP contribution in [0.25, 0.3) is 0 Å². The first kappa shape index (κ1) is 14.1. The Morgan fingerprint density at radius 1 is 1.25 bits per heavy atom. The summed E-state index contributed by atoms with van der Waals surface area (Å²) in [4.78, 5) is 18.3. The lowest BCUT2D eigenvalue weighted by atomic mass is 10.1. The molecule has 2 rings (SSSR count). The van der Waals surface area contributed by atoms with E-state index in [4.69, 9.17) is 4.74 Å². The van der Waals surface area contributed by atoms with Crippen molar-refractivity contribution < 1.29 is 9.53 Å². The Morgan fingerprint density at radius 3 is 2.65 bits per heavy atom. The number of aromatic nitrogens is 1. The molecule has 0 aliphatic heterocycles. The molecule has 0 bridgehead atoms. The van der Waals surface area contributed by atoms with Crippen LogP contribution in [0.5, 0.6) is 5.75 Å². The van der Waals surface area contributed by atoms with Crippen LogP contribution in [0.4, 0.5) is 0 Å². The number of amides is 1. The van der Waals surface area contributed by atoms with Crippen LogP contribution in [0, 0.1) is 0 Å². The minimum absolute atomic E-state index is 0.00297. The lowest BCUT2D eigenvalue weighted by Gasteiger charge is -2.21. The van der Waals surface area contributed by atoms with Gasteiger partial charge in [-0.1, -0.05) is 6.07 Å². The summed E-state index contributed by atoms with van der Waals surface area (Å²) in [7, 11) is 1.60. The summed E-state index contributed by atoms with van der Waals surface area (Å²) >= 11 is 0. The Labute approximate surface area is 119 Å². The number of methoxy groups -OCH3 is 1. The average molecular weight is 270 g/mol. The second-order valence-electron chi connectivity index (χ2n) is 4.41. The number of hydrogen-bond donors (Lipinski definition) is 0. The molecule has 20 heavy (non-hydrogen) atoms. The van der Waals surface area contributed by atoms with Gasteiger partial charge in [0.25, 0.3) is 5.91 Å². The highest BCUT2D eigenvalue weighted by molar-refractivity contribution is 5.94. The number of rotatable bonds is 5. The van der Waals surface area contributed by atoms with E-state index in [2.05, 4.69) is 4.98 Å². The van der Waals surface area contributed by atoms with Gasteiger partial charge < -0.3 is 9.64 Å². The second-order valence-corrected chi connectivity index (χ2v) is 4.41. The zero-order valence-corrected chi connectivity index (χ0v) is 11.7. The van der Waals surface area contributed by atoms with Gasteiger partial charge in [-0.15, -0.1) is 0 Å². The third-order valence-corrected chi connectivity index (χ3v) is 3.11. The van der Waals surface area contributed by atoms with Crippen molar-refractivity contribution in [3.8, 4) is 5.75 Å². The van der Waals surface area contributed by atoms with Gasteiger partial charge >= 0.3 is 0 Å². The summed E-state index contributed by atoms with van der Waals surface area (Å²) < 4.78 is 5.16. The van der Waals surface area contributed by atoms with Gasteiger partial charge in [-0.05, 0) is 42.8 Å². The summed E-state index contributed by atoms with van der Waals surface area (Å²) in [6.07, 6.45) is 3.47. The summed E-state index contributed by atoms with van der Waals surface area (Å²) in [5, 5.41) is 0. The molecule has 4 heteroatoms. The molecule has 4 nitrogen and oxygen atoms in total. The molecule has 1 amide bonds. The van der Waals surface area contributed by atoms with Crippen LogP contribution in [0.3, 0.4) is 0 Å². The molecule has 0 spiro atoms. The van der Waals surface area contributed by atoms with E-state index < -0.39 is 0 Å². The molecule has 1 heterocycles. The van der Waals surface area contributed by atoms with E-state index in [1.807, 2.05) is 31.2 Å². The minimum Gasteiger partial charge on any atom is -0.497 e. The quantitative estimate of drug-likeness (QED) is 0.839. The van der Waals surface area contributed by atoms with Crippen LogP contribution in [0.2, 0.25) is 0 Å². The molecule has 0 radical (unpaired) electrons. The zero-order chi connectivity index (χ0) is 14.4. The summed E-state index contributed by atoms with van der Waals surface area (Å²) in [6, 6.07) is 11.1. The number of hydrogen-bond acceptors (Lipinski definition) is 3. The van der Waals surface area contributed by atoms with Crippen LogP contribution in [0.1, 0.15) is 22.8 Å². The van der Waals surface area contributed by atoms with E-state index >= 15 is 0 Å². The molecule has 0 fully saturated rings. The van der Waals surface area contributed by atoms with Gasteiger partial charge in [0.15, 0.2) is 0 Å². The van der Waals surface area contributed by atoms with Crippen LogP contribution in [-0.2, 0) is 6.54 Å². The first-order valence-electron chi connectivity index (χ1n) is 6.57. The van der Waals surface area contributed by atoms with Crippen molar-refractivity contribution in [3.63, 3.8) is 0 Å². The monoisotopic (exact) mass is 270 g/mol. The Balaban J connectivity index is 2.16. The molecule has 1 aromatic carbocycles. The third-order valence-electron chi connectivity index (χ3n) is 3.11. The van der Waals surface area contributed by atoms with Gasteiger partial charge in [0.05, 0.1) is 7.11 Å². The van der Waals surface area contributed by atoms with Gasteiger partial charge in [-0.2, -0.15) is 0 Å². The number of nitrogens with zero attached hydrogens (tertiary/aromatic N) is 2. The lowest BCUT2D eigenvalue weighted by molar-refractivity contribution is 0.0752. The van der Waals surface area contributed by atoms with E-state index in [-0.39, 0.29) is 5.91 Å². The molecule has 2 aromatic rings. The number of benzene rings is 1. The predicted octanol–water partition coefficient (Wildman–Crippen LogP) is 2.75. The zero-order valence-electron chi connectivity index (χ0n) is 11.7. The smallest absolute Gasteiger partial charge is 0.254 e. The highest BCUT2D eigenvalue weighted by Gasteiger charge is 2.15. The maximum Gasteiger partial charge on any atom is 0.254 e. The van der Waals surface area contributed by atoms with Gasteiger partial charge in [-0.3, -0.25) is 9.78 Å². The van der Waals surface area contributed by atoms with Crippen LogP contribution < -0.4 is 4.74 Å². The molecular weight excluding hydrogens is 252 g/mol. The molecule has 0 saturated carbocycles. The first-order valence-corrected chi connectivity index (χ1v) is 6.57. The van der Waals surface area contributed by atoms with Crippen LogP contribution in [0.15, 0.2) is 48.8 Å². The fourth-order valence-electron chi connectivity index (χ4n) is 1.97. The standard InChI is InChI=1S/C16H18N2O2/c1-3-18(12-13-7-9-17-10-8-13)16(19)14-5-4-6-15(11-14)20-2/h4-11H,3,12H2,1-2H3. The summed E-state index contributed by atoms with van der Waals surface area (Å²) in [5.74, 6) is 0.694. The van der Waals surface area contributed by atoms with Crippen molar-refractivity contribution in [2.24, 2.45) is 0 Å². The molecule has 0 aliphatic rings. The van der Waals surface area contributed by atoms with Gasteiger partial charge in [-0.25, -0.2) is 0 Å². The molecule has 0 atom stereocenters.